The Kier molecular flexibility index (Phi) is 5.80. The van der Waals surface area contributed by atoms with Gasteiger partial charge < -0.3 is 19.5 Å². The van der Waals surface area contributed by atoms with Crippen molar-refractivity contribution in [1.29, 1.82) is 0 Å². The predicted octanol–water partition coefficient (Wildman–Crippen LogP) is 3.28. The minimum atomic E-state index is -0.159. The molecule has 9 heteroatoms. The lowest BCUT2D eigenvalue weighted by molar-refractivity contribution is -0.119. The van der Waals surface area contributed by atoms with Gasteiger partial charge in [0.05, 0.1) is 18.9 Å². The number of nitrogens with zero attached hydrogens (tertiary/aromatic N) is 3. The fourth-order valence-corrected chi connectivity index (χ4v) is 3.95. The largest absolute Gasteiger partial charge is 0.497 e. The zero-order chi connectivity index (χ0) is 21.1. The number of aromatic nitrogens is 3. The van der Waals surface area contributed by atoms with Crippen LogP contribution in [0.1, 0.15) is 24.4 Å². The van der Waals surface area contributed by atoms with Crippen LogP contribution < -0.4 is 19.5 Å². The van der Waals surface area contributed by atoms with Gasteiger partial charge in [0, 0.05) is 5.69 Å². The smallest absolute Gasteiger partial charge is 0.231 e. The average molecular weight is 426 g/mol. The topological polar surface area (TPSA) is 87.5 Å². The Morgan fingerprint density at radius 1 is 1.20 bits per heavy atom. The number of benzene rings is 2. The molecule has 1 N–H and O–H groups in total. The van der Waals surface area contributed by atoms with Crippen LogP contribution in [-0.2, 0) is 4.79 Å². The number of rotatable bonds is 7. The predicted molar refractivity (Wildman–Crippen MR) is 112 cm³/mol. The number of carbonyl (C=O) groups excluding carboxylic acids is 1. The molecule has 1 aromatic heterocycles. The van der Waals surface area contributed by atoms with Crippen molar-refractivity contribution in [3.8, 4) is 22.9 Å². The minimum Gasteiger partial charge on any atom is -0.497 e. The molecule has 0 bridgehead atoms. The lowest BCUT2D eigenvalue weighted by Crippen LogP contribution is -2.28. The number of ether oxygens (including phenoxy) is 3. The summed E-state index contributed by atoms with van der Waals surface area (Å²) in [5, 5.41) is 12.0. The zero-order valence-corrected chi connectivity index (χ0v) is 17.7. The van der Waals surface area contributed by atoms with E-state index in [2.05, 4.69) is 15.5 Å². The van der Waals surface area contributed by atoms with Crippen molar-refractivity contribution in [2.45, 2.75) is 25.0 Å². The van der Waals surface area contributed by atoms with Crippen LogP contribution in [0, 0.1) is 6.92 Å². The van der Waals surface area contributed by atoms with Gasteiger partial charge in [-0.1, -0.05) is 17.8 Å². The number of aryl methyl sites for hydroxylation is 1. The van der Waals surface area contributed by atoms with Gasteiger partial charge in [0.2, 0.25) is 12.7 Å². The van der Waals surface area contributed by atoms with E-state index in [1.54, 1.807) is 7.11 Å². The van der Waals surface area contributed by atoms with Gasteiger partial charge in [-0.05, 0) is 55.8 Å². The molecule has 1 amide bonds. The minimum absolute atomic E-state index is 0.0906. The quantitative estimate of drug-likeness (QED) is 0.580. The summed E-state index contributed by atoms with van der Waals surface area (Å²) in [6, 6.07) is 13.1. The summed E-state index contributed by atoms with van der Waals surface area (Å²) >= 11 is 1.34. The van der Waals surface area contributed by atoms with Crippen LogP contribution in [0.5, 0.6) is 17.2 Å². The normalized spacial score (nSPS) is 13.2. The summed E-state index contributed by atoms with van der Waals surface area (Å²) in [5.41, 5.74) is 1.87. The van der Waals surface area contributed by atoms with Crippen molar-refractivity contribution in [3.63, 3.8) is 0 Å². The van der Waals surface area contributed by atoms with Gasteiger partial charge in [-0.25, -0.2) is 0 Å². The maximum absolute atomic E-state index is 12.5. The van der Waals surface area contributed by atoms with Crippen molar-refractivity contribution < 1.29 is 19.0 Å². The number of fused-ring (bicyclic) bond motifs is 1. The van der Waals surface area contributed by atoms with Crippen molar-refractivity contribution in [1.82, 2.24) is 20.1 Å². The Morgan fingerprint density at radius 3 is 2.73 bits per heavy atom. The Morgan fingerprint density at radius 2 is 1.97 bits per heavy atom. The van der Waals surface area contributed by atoms with Gasteiger partial charge >= 0.3 is 0 Å². The van der Waals surface area contributed by atoms with E-state index in [9.17, 15) is 4.79 Å². The molecule has 2 heterocycles. The molecule has 0 aliphatic carbocycles. The van der Waals surface area contributed by atoms with E-state index in [1.165, 1.54) is 11.8 Å². The molecule has 156 valence electrons. The van der Waals surface area contributed by atoms with E-state index >= 15 is 0 Å². The van der Waals surface area contributed by atoms with E-state index in [0.29, 0.717) is 10.9 Å². The first kappa shape index (κ1) is 20.1. The first-order valence-corrected chi connectivity index (χ1v) is 10.4. The second-order valence-electron chi connectivity index (χ2n) is 6.75. The van der Waals surface area contributed by atoms with Crippen LogP contribution in [-0.4, -0.2) is 40.3 Å². The number of carbonyl (C=O) groups is 1. The summed E-state index contributed by atoms with van der Waals surface area (Å²) in [6.45, 7) is 4.04. The van der Waals surface area contributed by atoms with Gasteiger partial charge in [-0.2, -0.15) is 0 Å². The Labute approximate surface area is 178 Å². The number of hydrogen-bond donors (Lipinski definition) is 1. The Hall–Kier alpha value is -3.20. The van der Waals surface area contributed by atoms with Crippen LogP contribution in [0.25, 0.3) is 5.69 Å². The van der Waals surface area contributed by atoms with Crippen LogP contribution in [0.3, 0.4) is 0 Å². The third-order valence-electron chi connectivity index (χ3n) is 4.73. The Bertz CT molecular complexity index is 1050. The van der Waals surface area contributed by atoms with Gasteiger partial charge in [-0.15, -0.1) is 10.2 Å². The van der Waals surface area contributed by atoms with Crippen molar-refractivity contribution in [2.24, 2.45) is 0 Å². The van der Waals surface area contributed by atoms with E-state index in [1.807, 2.05) is 60.9 Å². The highest BCUT2D eigenvalue weighted by atomic mass is 32.2. The molecule has 1 unspecified atom stereocenters. The molecule has 2 aromatic carbocycles. The first-order valence-electron chi connectivity index (χ1n) is 9.43. The standard InChI is InChI=1S/C21H22N4O4S/c1-13(15-4-9-18-19(10-15)29-12-28-18)22-20(26)11-30-21-24-23-14(2)25(21)16-5-7-17(27-3)8-6-16/h4-10,13H,11-12H2,1-3H3,(H,22,26). The maximum atomic E-state index is 12.5. The molecule has 0 saturated heterocycles. The fraction of sp³-hybridized carbons (Fsp3) is 0.286. The van der Waals surface area contributed by atoms with E-state index < -0.39 is 0 Å². The van der Waals surface area contributed by atoms with E-state index in [-0.39, 0.29) is 24.5 Å². The number of methoxy groups -OCH3 is 1. The molecule has 0 saturated carbocycles. The van der Waals surface area contributed by atoms with Crippen molar-refractivity contribution >= 4 is 17.7 Å². The molecule has 1 aliphatic heterocycles. The van der Waals surface area contributed by atoms with Crippen LogP contribution in [0.2, 0.25) is 0 Å². The lowest BCUT2D eigenvalue weighted by atomic mass is 10.1. The summed E-state index contributed by atoms with van der Waals surface area (Å²) in [4.78, 5) is 12.5. The summed E-state index contributed by atoms with van der Waals surface area (Å²) in [7, 11) is 1.63. The highest BCUT2D eigenvalue weighted by Gasteiger charge is 2.18. The maximum Gasteiger partial charge on any atom is 0.231 e. The summed E-state index contributed by atoms with van der Waals surface area (Å²) < 4.78 is 17.9. The van der Waals surface area contributed by atoms with E-state index in [0.717, 1.165) is 28.6 Å². The highest BCUT2D eigenvalue weighted by molar-refractivity contribution is 7.99. The van der Waals surface area contributed by atoms with Crippen molar-refractivity contribution in [3.05, 3.63) is 53.9 Å². The molecule has 4 rings (SSSR count). The SMILES string of the molecule is COc1ccc(-n2c(C)nnc2SCC(=O)NC(C)c2ccc3c(c2)OCO3)cc1. The number of amides is 1. The monoisotopic (exact) mass is 426 g/mol. The van der Waals surface area contributed by atoms with Gasteiger partial charge in [0.15, 0.2) is 16.7 Å². The zero-order valence-electron chi connectivity index (χ0n) is 16.9. The van der Waals surface area contributed by atoms with Crippen LogP contribution in [0.4, 0.5) is 0 Å². The first-order chi connectivity index (χ1) is 14.5. The van der Waals surface area contributed by atoms with Gasteiger partial charge in [-0.3, -0.25) is 9.36 Å². The molecule has 30 heavy (non-hydrogen) atoms. The molecule has 0 fully saturated rings. The van der Waals surface area contributed by atoms with Crippen LogP contribution in [0.15, 0.2) is 47.6 Å². The number of hydrogen-bond acceptors (Lipinski definition) is 7. The molecular formula is C21H22N4O4S. The fourth-order valence-electron chi connectivity index (χ4n) is 3.14. The summed E-state index contributed by atoms with van der Waals surface area (Å²) in [5.74, 6) is 3.08. The molecular weight excluding hydrogens is 404 g/mol. The lowest BCUT2D eigenvalue weighted by Gasteiger charge is -2.15. The second-order valence-corrected chi connectivity index (χ2v) is 7.70. The van der Waals surface area contributed by atoms with Gasteiger partial charge in [0.1, 0.15) is 11.6 Å². The van der Waals surface area contributed by atoms with Gasteiger partial charge in [0.25, 0.3) is 0 Å². The third-order valence-corrected chi connectivity index (χ3v) is 5.66. The third kappa shape index (κ3) is 4.20. The second kappa shape index (κ2) is 8.66. The number of thioether (sulfide) groups is 1. The Balaban J connectivity index is 1.39. The van der Waals surface area contributed by atoms with E-state index in [4.69, 9.17) is 14.2 Å². The van der Waals surface area contributed by atoms with Crippen LogP contribution >= 0.6 is 11.8 Å². The molecule has 8 nitrogen and oxygen atoms in total. The number of nitrogens with one attached hydrogen (secondary N) is 1. The molecule has 0 radical (unpaired) electrons. The average Bonchev–Trinajstić information content (AvgIpc) is 3.38. The highest BCUT2D eigenvalue weighted by Crippen LogP contribution is 2.34. The van der Waals surface area contributed by atoms with Crippen molar-refractivity contribution in [2.75, 3.05) is 19.7 Å². The molecule has 1 atom stereocenters. The molecule has 1 aliphatic rings. The summed E-state index contributed by atoms with van der Waals surface area (Å²) in [6.07, 6.45) is 0. The molecule has 0 spiro atoms. The molecule has 3 aromatic rings.